The molecule has 2 amide bonds. The average molecular weight is 247 g/mol. The van der Waals surface area contributed by atoms with E-state index in [1.807, 2.05) is 0 Å². The average Bonchev–Trinajstić information content (AvgIpc) is 2.16. The smallest absolute Gasteiger partial charge is 0.335 e. The fourth-order valence-electron chi connectivity index (χ4n) is 0.845. The van der Waals surface area contributed by atoms with E-state index in [2.05, 4.69) is 12.2 Å². The second kappa shape index (κ2) is 8.27. The standard InChI is InChI=1S/C10H21N3O2S/c1-5-6-7-16-13(4)10(14)12-9(11)15-8(2)3/h8H,5-7H2,1-4H3,(H2,11,12,14). The van der Waals surface area contributed by atoms with E-state index in [-0.39, 0.29) is 18.2 Å². The number of carbonyl (C=O) groups is 1. The minimum atomic E-state index is -0.327. The summed E-state index contributed by atoms with van der Waals surface area (Å²) in [6.45, 7) is 5.72. The van der Waals surface area contributed by atoms with Crippen LogP contribution in [0.1, 0.15) is 33.6 Å². The van der Waals surface area contributed by atoms with E-state index in [1.54, 1.807) is 20.9 Å². The van der Waals surface area contributed by atoms with Crippen LogP contribution in [-0.4, -0.2) is 35.3 Å². The van der Waals surface area contributed by atoms with Gasteiger partial charge in [0.25, 0.3) is 6.02 Å². The highest BCUT2D eigenvalue weighted by Crippen LogP contribution is 2.09. The second-order valence-electron chi connectivity index (χ2n) is 3.61. The molecule has 0 aromatic rings. The number of rotatable bonds is 5. The molecule has 0 bridgehead atoms. The van der Waals surface area contributed by atoms with E-state index in [0.29, 0.717) is 0 Å². The van der Waals surface area contributed by atoms with Crippen LogP contribution in [0.25, 0.3) is 0 Å². The third-order valence-corrected chi connectivity index (χ3v) is 2.67. The summed E-state index contributed by atoms with van der Waals surface area (Å²) in [5.41, 5.74) is 0. The van der Waals surface area contributed by atoms with Crippen LogP contribution in [0.4, 0.5) is 4.79 Å². The van der Waals surface area contributed by atoms with Crippen LogP contribution in [0.3, 0.4) is 0 Å². The Morgan fingerprint density at radius 3 is 2.69 bits per heavy atom. The van der Waals surface area contributed by atoms with Crippen molar-refractivity contribution in [2.24, 2.45) is 0 Å². The topological polar surface area (TPSA) is 65.4 Å². The SMILES string of the molecule is CCCCSN(C)C(=O)NC(=N)OC(C)C. The maximum Gasteiger partial charge on any atom is 0.335 e. The van der Waals surface area contributed by atoms with Crippen molar-refractivity contribution in [1.82, 2.24) is 9.62 Å². The molecule has 16 heavy (non-hydrogen) atoms. The molecule has 0 saturated heterocycles. The van der Waals surface area contributed by atoms with Crippen LogP contribution in [0.15, 0.2) is 0 Å². The van der Waals surface area contributed by atoms with Gasteiger partial charge in [0.2, 0.25) is 0 Å². The predicted molar refractivity (Wildman–Crippen MR) is 67.6 cm³/mol. The molecule has 5 nitrogen and oxygen atoms in total. The number of ether oxygens (including phenoxy) is 1. The molecule has 0 heterocycles. The van der Waals surface area contributed by atoms with Crippen LogP contribution >= 0.6 is 11.9 Å². The Morgan fingerprint density at radius 2 is 2.19 bits per heavy atom. The van der Waals surface area contributed by atoms with Gasteiger partial charge in [-0.15, -0.1) is 0 Å². The van der Waals surface area contributed by atoms with Gasteiger partial charge in [-0.25, -0.2) is 4.79 Å². The first-order valence-corrected chi connectivity index (χ1v) is 6.34. The minimum absolute atomic E-state index is 0.106. The van der Waals surface area contributed by atoms with E-state index in [1.165, 1.54) is 16.3 Å². The fraction of sp³-hybridized carbons (Fsp3) is 0.800. The van der Waals surface area contributed by atoms with Crippen molar-refractivity contribution in [1.29, 1.82) is 5.41 Å². The van der Waals surface area contributed by atoms with Crippen molar-refractivity contribution in [3.05, 3.63) is 0 Å². The Morgan fingerprint density at radius 1 is 1.56 bits per heavy atom. The molecule has 94 valence electrons. The van der Waals surface area contributed by atoms with Crippen molar-refractivity contribution < 1.29 is 9.53 Å². The molecular weight excluding hydrogens is 226 g/mol. The molecule has 2 N–H and O–H groups in total. The van der Waals surface area contributed by atoms with Crippen LogP contribution in [0.2, 0.25) is 0 Å². The number of nitrogens with zero attached hydrogens (tertiary/aromatic N) is 1. The highest BCUT2D eigenvalue weighted by atomic mass is 32.2. The summed E-state index contributed by atoms with van der Waals surface area (Å²) in [7, 11) is 1.68. The van der Waals surface area contributed by atoms with E-state index >= 15 is 0 Å². The number of carbonyl (C=O) groups excluding carboxylic acids is 1. The van der Waals surface area contributed by atoms with Crippen LogP contribution in [0.5, 0.6) is 0 Å². The lowest BCUT2D eigenvalue weighted by Crippen LogP contribution is -2.39. The molecule has 0 aromatic carbocycles. The van der Waals surface area contributed by atoms with E-state index in [4.69, 9.17) is 10.1 Å². The Balaban J connectivity index is 3.82. The Bertz CT molecular complexity index is 234. The maximum atomic E-state index is 11.5. The quantitative estimate of drug-likeness (QED) is 0.339. The van der Waals surface area contributed by atoms with Crippen molar-refractivity contribution in [3.8, 4) is 0 Å². The van der Waals surface area contributed by atoms with Gasteiger partial charge in [0.05, 0.1) is 6.10 Å². The first-order chi connectivity index (χ1) is 7.47. The molecule has 0 aliphatic heterocycles. The van der Waals surface area contributed by atoms with Gasteiger partial charge in [0.1, 0.15) is 0 Å². The summed E-state index contributed by atoms with van der Waals surface area (Å²) >= 11 is 1.44. The number of unbranched alkanes of at least 4 members (excludes halogenated alkanes) is 1. The highest BCUT2D eigenvalue weighted by Gasteiger charge is 2.11. The lowest BCUT2D eigenvalue weighted by molar-refractivity contribution is 0.205. The van der Waals surface area contributed by atoms with Crippen LogP contribution in [0, 0.1) is 5.41 Å². The van der Waals surface area contributed by atoms with Crippen molar-refractivity contribution in [2.45, 2.75) is 39.7 Å². The van der Waals surface area contributed by atoms with Gasteiger partial charge in [-0.3, -0.25) is 15.0 Å². The van der Waals surface area contributed by atoms with Gasteiger partial charge in [-0.2, -0.15) is 0 Å². The summed E-state index contributed by atoms with van der Waals surface area (Å²) < 4.78 is 6.49. The van der Waals surface area contributed by atoms with Crippen molar-refractivity contribution in [2.75, 3.05) is 12.8 Å². The van der Waals surface area contributed by atoms with Gasteiger partial charge in [-0.05, 0) is 32.2 Å². The molecule has 0 aliphatic rings. The number of amides is 2. The van der Waals surface area contributed by atoms with Crippen molar-refractivity contribution >= 4 is 24.0 Å². The molecular formula is C10H21N3O2S. The first kappa shape index (κ1) is 15.1. The van der Waals surface area contributed by atoms with E-state index < -0.39 is 0 Å². The molecule has 0 aliphatic carbocycles. The number of urea groups is 1. The normalized spacial score (nSPS) is 10.1. The molecule has 0 saturated carbocycles. The van der Waals surface area contributed by atoms with Gasteiger partial charge >= 0.3 is 6.03 Å². The monoisotopic (exact) mass is 247 g/mol. The molecule has 0 aromatic heterocycles. The summed E-state index contributed by atoms with van der Waals surface area (Å²) in [5, 5.41) is 9.73. The molecule has 0 spiro atoms. The van der Waals surface area contributed by atoms with Crippen LogP contribution in [-0.2, 0) is 4.74 Å². The van der Waals surface area contributed by atoms with E-state index in [9.17, 15) is 4.79 Å². The van der Waals surface area contributed by atoms with E-state index in [0.717, 1.165) is 18.6 Å². The number of amidine groups is 1. The molecule has 0 radical (unpaired) electrons. The Labute approximate surface area is 102 Å². The summed E-state index contributed by atoms with van der Waals surface area (Å²) in [5.74, 6) is 0.902. The molecule has 6 heteroatoms. The summed E-state index contributed by atoms with van der Waals surface area (Å²) in [4.78, 5) is 11.5. The fourth-order valence-corrected chi connectivity index (χ4v) is 1.70. The molecule has 0 rings (SSSR count). The first-order valence-electron chi connectivity index (χ1n) is 5.40. The number of nitrogens with one attached hydrogen (secondary N) is 2. The zero-order valence-electron chi connectivity index (χ0n) is 10.4. The molecule has 0 unspecified atom stereocenters. The lowest BCUT2D eigenvalue weighted by Gasteiger charge is -2.17. The third-order valence-electron chi connectivity index (χ3n) is 1.64. The summed E-state index contributed by atoms with van der Waals surface area (Å²) in [6, 6.07) is -0.533. The number of hydrogen-bond donors (Lipinski definition) is 2. The highest BCUT2D eigenvalue weighted by molar-refractivity contribution is 7.97. The second-order valence-corrected chi connectivity index (χ2v) is 4.82. The predicted octanol–water partition coefficient (Wildman–Crippen LogP) is 2.44. The lowest BCUT2D eigenvalue weighted by atomic mass is 10.4. The van der Waals surface area contributed by atoms with Crippen molar-refractivity contribution in [3.63, 3.8) is 0 Å². The zero-order chi connectivity index (χ0) is 12.6. The molecule has 0 atom stereocenters. The van der Waals surface area contributed by atoms with Crippen LogP contribution < -0.4 is 5.32 Å². The largest absolute Gasteiger partial charge is 0.462 e. The maximum absolute atomic E-state index is 11.5. The summed E-state index contributed by atoms with van der Waals surface area (Å²) in [6.07, 6.45) is 2.07. The van der Waals surface area contributed by atoms with Gasteiger partial charge in [0.15, 0.2) is 0 Å². The third kappa shape index (κ3) is 7.39. The molecule has 0 fully saturated rings. The minimum Gasteiger partial charge on any atom is -0.462 e. The van der Waals surface area contributed by atoms with Gasteiger partial charge < -0.3 is 4.74 Å². The zero-order valence-corrected chi connectivity index (χ0v) is 11.2. The Kier molecular flexibility index (Phi) is 7.80. The van der Waals surface area contributed by atoms with Gasteiger partial charge in [0, 0.05) is 12.8 Å². The number of hydrogen-bond acceptors (Lipinski definition) is 4. The van der Waals surface area contributed by atoms with Gasteiger partial charge in [-0.1, -0.05) is 13.3 Å². The Hall–Kier alpha value is -0.910.